The molecule has 0 aliphatic rings. The zero-order valence-corrected chi connectivity index (χ0v) is 69.4. The number of esters is 1. The zero-order valence-electron chi connectivity index (χ0n) is 69.4. The standard InChI is InChI=1S/C106H92O16/c1-108-92-26-10-75(11-27-92)83-42-69(43-84(54-83)76-12-28-93(109-2)29-13-76)63-117-100-50-73(51-101(60-100)118-64-70-44-85(77-14-30-94(110-3)31-15-77)55-86(45-70)78-16-32-95(111-4)33-17-78)67-121-104-58-91(106(107)116-9)59-105(62-104)122-68-74-52-102(119-65-71-46-87(79-18-34-96(112-5)35-19-79)56-88(47-71)80-20-36-97(113-6)37-21-80)61-103(53-74)120-66-72-48-89(81-22-38-98(114-7)39-23-81)57-90(49-72)82-24-40-99(115-8)41-25-82/h10-62H,63-68H2,1-9H3. The predicted octanol–water partition coefficient (Wildman–Crippen LogP) is 24.4. The molecular formula is C106H92O16. The lowest BCUT2D eigenvalue weighted by Crippen LogP contribution is -2.05. The van der Waals surface area contributed by atoms with Crippen molar-refractivity contribution < 1.29 is 75.8 Å². The molecule has 122 heavy (non-hydrogen) atoms. The van der Waals surface area contributed by atoms with Crippen LogP contribution in [0.2, 0.25) is 0 Å². The van der Waals surface area contributed by atoms with Crippen LogP contribution in [0, 0.1) is 0 Å². The Morgan fingerprint density at radius 1 is 0.164 bits per heavy atom. The summed E-state index contributed by atoms with van der Waals surface area (Å²) in [5, 5.41) is 0. The fourth-order valence-corrected chi connectivity index (χ4v) is 14.4. The van der Waals surface area contributed by atoms with E-state index in [-0.39, 0.29) is 45.2 Å². The van der Waals surface area contributed by atoms with Crippen LogP contribution in [0.3, 0.4) is 0 Å². The molecule has 0 atom stereocenters. The molecule has 0 aliphatic heterocycles. The van der Waals surface area contributed by atoms with Crippen LogP contribution in [0.4, 0.5) is 0 Å². The lowest BCUT2D eigenvalue weighted by atomic mass is 9.96. The van der Waals surface area contributed by atoms with E-state index < -0.39 is 5.97 Å². The number of rotatable bonds is 35. The van der Waals surface area contributed by atoms with Crippen molar-refractivity contribution in [2.45, 2.75) is 39.6 Å². The summed E-state index contributed by atoms with van der Waals surface area (Å²) in [5.41, 5.74) is 21.3. The van der Waals surface area contributed by atoms with Gasteiger partial charge in [-0.05, 0) is 329 Å². The molecule has 0 aliphatic carbocycles. The van der Waals surface area contributed by atoms with Gasteiger partial charge in [0.2, 0.25) is 0 Å². The fourth-order valence-electron chi connectivity index (χ4n) is 14.4. The van der Waals surface area contributed by atoms with Crippen molar-refractivity contribution in [1.29, 1.82) is 0 Å². The van der Waals surface area contributed by atoms with Gasteiger partial charge in [0.05, 0.1) is 69.6 Å². The Morgan fingerprint density at radius 2 is 0.311 bits per heavy atom. The maximum absolute atomic E-state index is 13.8. The molecule has 0 N–H and O–H groups in total. The number of carbonyl (C=O) groups excluding carboxylic acids is 1. The van der Waals surface area contributed by atoms with Crippen molar-refractivity contribution >= 4 is 5.97 Å². The van der Waals surface area contributed by atoms with Gasteiger partial charge in [-0.3, -0.25) is 0 Å². The summed E-state index contributed by atoms with van der Waals surface area (Å²) in [6, 6.07) is 106. The molecule has 0 aromatic heterocycles. The zero-order chi connectivity index (χ0) is 84.3. The van der Waals surface area contributed by atoms with Gasteiger partial charge in [0.15, 0.2) is 0 Å². The second kappa shape index (κ2) is 39.0. The molecule has 0 heterocycles. The molecule has 0 radical (unpaired) electrons. The lowest BCUT2D eigenvalue weighted by molar-refractivity contribution is 0.0599. The van der Waals surface area contributed by atoms with Crippen molar-refractivity contribution in [2.75, 3.05) is 64.0 Å². The summed E-state index contributed by atoms with van der Waals surface area (Å²) in [5.74, 6) is 8.22. The van der Waals surface area contributed by atoms with E-state index >= 15 is 0 Å². The second-order valence-electron chi connectivity index (χ2n) is 29.0. The highest BCUT2D eigenvalue weighted by atomic mass is 16.5. The van der Waals surface area contributed by atoms with Crippen LogP contribution < -0.4 is 66.3 Å². The maximum atomic E-state index is 13.8. The molecule has 0 unspecified atom stereocenters. The van der Waals surface area contributed by atoms with Crippen LogP contribution in [0.15, 0.2) is 322 Å². The van der Waals surface area contributed by atoms with Crippen molar-refractivity contribution in [1.82, 2.24) is 0 Å². The summed E-state index contributed by atoms with van der Waals surface area (Å²) < 4.78 is 90.7. The smallest absolute Gasteiger partial charge is 0.338 e. The van der Waals surface area contributed by atoms with Crippen LogP contribution in [-0.4, -0.2) is 70.0 Å². The minimum absolute atomic E-state index is 0.00996. The van der Waals surface area contributed by atoms with Crippen LogP contribution in [0.25, 0.3) is 89.0 Å². The molecule has 15 aromatic carbocycles. The third-order valence-electron chi connectivity index (χ3n) is 21.0. The highest BCUT2D eigenvalue weighted by Crippen LogP contribution is 2.40. The van der Waals surface area contributed by atoms with E-state index in [9.17, 15) is 4.79 Å². The van der Waals surface area contributed by atoms with Gasteiger partial charge >= 0.3 is 5.97 Å². The number of ether oxygens (including phenoxy) is 15. The minimum atomic E-state index is -0.590. The summed E-state index contributed by atoms with van der Waals surface area (Å²) >= 11 is 0. The first-order valence-electron chi connectivity index (χ1n) is 39.7. The first-order chi connectivity index (χ1) is 59.7. The number of methoxy groups -OCH3 is 9. The molecule has 0 fully saturated rings. The fraction of sp³-hybridized carbons (Fsp3) is 0.142. The second-order valence-corrected chi connectivity index (χ2v) is 29.0. The highest BCUT2D eigenvalue weighted by molar-refractivity contribution is 5.90. The molecule has 0 amide bonds. The molecule has 0 saturated heterocycles. The Bertz CT molecular complexity index is 5120. The average Bonchev–Trinajstić information content (AvgIpc) is 0.812. The quantitative estimate of drug-likeness (QED) is 0.0346. The van der Waals surface area contributed by atoms with Gasteiger partial charge in [0, 0.05) is 18.2 Å². The van der Waals surface area contributed by atoms with Gasteiger partial charge < -0.3 is 71.1 Å². The molecule has 612 valence electrons. The minimum Gasteiger partial charge on any atom is -0.497 e. The molecule has 16 heteroatoms. The molecule has 15 rings (SSSR count). The lowest BCUT2D eigenvalue weighted by Gasteiger charge is -2.17. The monoisotopic (exact) mass is 1620 g/mol. The summed E-state index contributed by atoms with van der Waals surface area (Å²) in [6.45, 7) is 0.772. The molecular weight excluding hydrogens is 1530 g/mol. The number of hydrogen-bond donors (Lipinski definition) is 0. The topological polar surface area (TPSA) is 156 Å². The van der Waals surface area contributed by atoms with Crippen LogP contribution in [0.1, 0.15) is 43.7 Å². The Labute approximate surface area is 711 Å². The largest absolute Gasteiger partial charge is 0.497 e. The summed E-state index contributed by atoms with van der Waals surface area (Å²) in [4.78, 5) is 13.8. The van der Waals surface area contributed by atoms with Crippen LogP contribution in [-0.2, 0) is 44.4 Å². The van der Waals surface area contributed by atoms with Gasteiger partial charge in [0.25, 0.3) is 0 Å². The van der Waals surface area contributed by atoms with E-state index in [1.54, 1.807) is 75.1 Å². The molecule has 15 aromatic rings. The summed E-state index contributed by atoms with van der Waals surface area (Å²) in [6.07, 6.45) is 0. The maximum Gasteiger partial charge on any atom is 0.338 e. The molecule has 16 nitrogen and oxygen atoms in total. The van der Waals surface area contributed by atoms with E-state index in [4.69, 9.17) is 71.1 Å². The van der Waals surface area contributed by atoms with Crippen molar-refractivity contribution in [3.8, 4) is 170 Å². The Balaban J connectivity index is 0.749. The normalized spacial score (nSPS) is 10.9. The van der Waals surface area contributed by atoms with Crippen molar-refractivity contribution in [3.63, 3.8) is 0 Å². The first kappa shape index (κ1) is 82.1. The Kier molecular flexibility index (Phi) is 26.3. The number of benzene rings is 15. The van der Waals surface area contributed by atoms with Crippen LogP contribution in [0.5, 0.6) is 80.5 Å². The van der Waals surface area contributed by atoms with Crippen LogP contribution >= 0.6 is 0 Å². The van der Waals surface area contributed by atoms with Gasteiger partial charge in [-0.15, -0.1) is 0 Å². The van der Waals surface area contributed by atoms with E-state index in [1.807, 2.05) is 231 Å². The number of hydrogen-bond acceptors (Lipinski definition) is 16. The molecule has 0 spiro atoms. The Hall–Kier alpha value is -15.0. The molecule has 0 saturated carbocycles. The third-order valence-corrected chi connectivity index (χ3v) is 21.0. The van der Waals surface area contributed by atoms with E-state index in [0.717, 1.165) is 157 Å². The van der Waals surface area contributed by atoms with Crippen molar-refractivity contribution in [2.24, 2.45) is 0 Å². The summed E-state index contributed by atoms with van der Waals surface area (Å²) in [7, 11) is 14.6. The number of carbonyl (C=O) groups is 1. The predicted molar refractivity (Wildman–Crippen MR) is 478 cm³/mol. The third kappa shape index (κ3) is 20.9. The molecule has 0 bridgehead atoms. The first-order valence-corrected chi connectivity index (χ1v) is 39.7. The Morgan fingerprint density at radius 3 is 0.459 bits per heavy atom. The van der Waals surface area contributed by atoms with E-state index in [0.29, 0.717) is 45.6 Å². The average molecular weight is 1620 g/mol. The SMILES string of the molecule is COC(=O)c1cc(OCc2cc(OCc3cc(-c4ccc(OC)cc4)cc(-c4ccc(OC)cc4)c3)cc(OCc3cc(-c4ccc(OC)cc4)cc(-c4ccc(OC)cc4)c3)c2)cc(OCc2cc(OCc3cc(-c4ccc(OC)cc4)cc(-c4ccc(OC)cc4)c3)cc(OCc3cc(-c4ccc(OC)cc4)cc(-c4ccc(OC)cc4)c3)c2)c1. The van der Waals surface area contributed by atoms with Crippen molar-refractivity contribution in [3.05, 3.63) is 360 Å². The van der Waals surface area contributed by atoms with Gasteiger partial charge in [0.1, 0.15) is 120 Å². The van der Waals surface area contributed by atoms with Gasteiger partial charge in [-0.25, -0.2) is 4.79 Å². The highest BCUT2D eigenvalue weighted by Gasteiger charge is 2.19. The van der Waals surface area contributed by atoms with Gasteiger partial charge in [-0.1, -0.05) is 97.1 Å². The van der Waals surface area contributed by atoms with E-state index in [2.05, 4.69) is 72.8 Å². The van der Waals surface area contributed by atoms with E-state index in [1.165, 1.54) is 7.11 Å². The van der Waals surface area contributed by atoms with Gasteiger partial charge in [-0.2, -0.15) is 0 Å².